The van der Waals surface area contributed by atoms with Gasteiger partial charge in [-0.25, -0.2) is 4.68 Å². The highest BCUT2D eigenvalue weighted by Crippen LogP contribution is 2.41. The van der Waals surface area contributed by atoms with Gasteiger partial charge in [-0.05, 0) is 39.0 Å². The van der Waals surface area contributed by atoms with Gasteiger partial charge >= 0.3 is 0 Å². The second kappa shape index (κ2) is 5.35. The van der Waals surface area contributed by atoms with Gasteiger partial charge in [0.2, 0.25) is 0 Å². The van der Waals surface area contributed by atoms with Crippen LogP contribution in [0.25, 0.3) is 0 Å². The minimum atomic E-state index is -1.10. The van der Waals surface area contributed by atoms with Crippen molar-refractivity contribution in [3.63, 3.8) is 0 Å². The van der Waals surface area contributed by atoms with E-state index in [1.54, 1.807) is 32.0 Å². The van der Waals surface area contributed by atoms with Crippen LogP contribution >= 0.6 is 0 Å². The first-order valence-electron chi connectivity index (χ1n) is 7.48. The van der Waals surface area contributed by atoms with Crippen molar-refractivity contribution >= 4 is 0 Å². The van der Waals surface area contributed by atoms with E-state index in [0.29, 0.717) is 22.4 Å². The van der Waals surface area contributed by atoms with E-state index in [1.807, 2.05) is 6.07 Å². The van der Waals surface area contributed by atoms with Gasteiger partial charge in [0.1, 0.15) is 23.5 Å². The van der Waals surface area contributed by atoms with Crippen LogP contribution in [-0.4, -0.2) is 26.6 Å². The normalized spacial score (nSPS) is 21.5. The highest BCUT2D eigenvalue weighted by Gasteiger charge is 2.44. The number of fused-ring (bicyclic) bond motifs is 1. The second-order valence-electron chi connectivity index (χ2n) is 6.44. The Labute approximate surface area is 137 Å². The minimum absolute atomic E-state index is 0.294. The fraction of sp³-hybridized carbons (Fsp3) is 0.353. The van der Waals surface area contributed by atoms with Crippen molar-refractivity contribution in [2.75, 3.05) is 0 Å². The van der Waals surface area contributed by atoms with Gasteiger partial charge in [-0.3, -0.25) is 14.7 Å². The lowest BCUT2D eigenvalue weighted by Gasteiger charge is -2.42. The smallest absolute Gasteiger partial charge is 0.266 e. The van der Waals surface area contributed by atoms with Crippen molar-refractivity contribution in [3.05, 3.63) is 61.7 Å². The van der Waals surface area contributed by atoms with Crippen LogP contribution in [0.1, 0.15) is 36.6 Å². The maximum Gasteiger partial charge on any atom is 0.266 e. The SMILES string of the molecule is Cc1cc(=O)n([C@@H]2c3cc(C#N)ccc3OC(C)(C)[C@H]2O)[nH]c1=O. The van der Waals surface area contributed by atoms with E-state index in [-0.39, 0.29) is 0 Å². The van der Waals surface area contributed by atoms with Crippen LogP contribution in [0.4, 0.5) is 0 Å². The maximum atomic E-state index is 12.4. The van der Waals surface area contributed by atoms with E-state index in [0.717, 1.165) is 4.68 Å². The molecule has 0 saturated heterocycles. The Bertz CT molecular complexity index is 965. The number of aliphatic hydroxyl groups excluding tert-OH is 1. The van der Waals surface area contributed by atoms with Crippen LogP contribution < -0.4 is 15.9 Å². The third kappa shape index (κ3) is 2.41. The molecule has 0 radical (unpaired) electrons. The van der Waals surface area contributed by atoms with Crippen LogP contribution in [0.15, 0.2) is 33.9 Å². The van der Waals surface area contributed by atoms with Crippen molar-refractivity contribution in [2.45, 2.75) is 38.5 Å². The van der Waals surface area contributed by atoms with E-state index in [9.17, 15) is 14.7 Å². The first-order chi connectivity index (χ1) is 11.2. The van der Waals surface area contributed by atoms with Crippen molar-refractivity contribution in [3.8, 4) is 11.8 Å². The first-order valence-corrected chi connectivity index (χ1v) is 7.48. The Morgan fingerprint density at radius 2 is 2.04 bits per heavy atom. The number of ether oxygens (including phenoxy) is 1. The zero-order valence-electron chi connectivity index (χ0n) is 13.5. The minimum Gasteiger partial charge on any atom is -0.485 e. The molecule has 124 valence electrons. The summed E-state index contributed by atoms with van der Waals surface area (Å²) in [5.74, 6) is 0.461. The van der Waals surface area contributed by atoms with Gasteiger partial charge in [0, 0.05) is 17.2 Å². The number of nitrogens with zero attached hydrogens (tertiary/aromatic N) is 2. The topological polar surface area (TPSA) is 108 Å². The standard InChI is InChI=1S/C17H17N3O4/c1-9-6-13(21)20(19-16(9)23)14-11-7-10(8-18)4-5-12(11)24-17(2,3)15(14)22/h4-7,14-15,22H,1-3H3,(H,19,23)/t14-,15+/m1/s1. The summed E-state index contributed by atoms with van der Waals surface area (Å²) in [6.07, 6.45) is -1.10. The molecule has 0 spiro atoms. The van der Waals surface area contributed by atoms with Gasteiger partial charge in [0.05, 0.1) is 11.6 Å². The average Bonchev–Trinajstić information content (AvgIpc) is 2.52. The third-order valence-corrected chi connectivity index (χ3v) is 4.28. The number of rotatable bonds is 1. The summed E-state index contributed by atoms with van der Waals surface area (Å²) >= 11 is 0. The fourth-order valence-electron chi connectivity index (χ4n) is 2.90. The highest BCUT2D eigenvalue weighted by atomic mass is 16.5. The van der Waals surface area contributed by atoms with E-state index in [1.165, 1.54) is 13.0 Å². The molecule has 3 rings (SSSR count). The molecule has 0 amide bonds. The monoisotopic (exact) mass is 327 g/mol. The molecule has 0 saturated carbocycles. The molecule has 2 aromatic rings. The first kappa shape index (κ1) is 16.0. The number of nitrogens with one attached hydrogen (secondary N) is 1. The van der Waals surface area contributed by atoms with Gasteiger partial charge < -0.3 is 9.84 Å². The molecule has 1 aliphatic heterocycles. The Morgan fingerprint density at radius 3 is 2.71 bits per heavy atom. The highest BCUT2D eigenvalue weighted by molar-refractivity contribution is 5.46. The number of benzene rings is 1. The van der Waals surface area contributed by atoms with Gasteiger partial charge in [-0.1, -0.05) is 0 Å². The third-order valence-electron chi connectivity index (χ3n) is 4.28. The number of nitriles is 1. The molecule has 2 N–H and O–H groups in total. The molecular weight excluding hydrogens is 310 g/mol. The number of aromatic amines is 1. The summed E-state index contributed by atoms with van der Waals surface area (Å²) in [6.45, 7) is 4.93. The number of aliphatic hydroxyl groups is 1. The van der Waals surface area contributed by atoms with E-state index in [4.69, 9.17) is 10.00 Å². The van der Waals surface area contributed by atoms with Crippen LogP contribution in [0, 0.1) is 18.3 Å². The molecule has 7 nitrogen and oxygen atoms in total. The molecule has 1 aromatic carbocycles. The number of H-pyrrole nitrogens is 1. The fourth-order valence-corrected chi connectivity index (χ4v) is 2.90. The second-order valence-corrected chi connectivity index (χ2v) is 6.44. The molecular formula is C17H17N3O4. The van der Waals surface area contributed by atoms with Crippen LogP contribution in [0.3, 0.4) is 0 Å². The molecule has 7 heteroatoms. The lowest BCUT2D eigenvalue weighted by Crippen LogP contribution is -2.53. The van der Waals surface area contributed by atoms with Crippen LogP contribution in [0.5, 0.6) is 5.75 Å². The van der Waals surface area contributed by atoms with Gasteiger partial charge in [0.15, 0.2) is 0 Å². The molecule has 24 heavy (non-hydrogen) atoms. The zero-order chi connectivity index (χ0) is 17.6. The predicted octanol–water partition coefficient (Wildman–Crippen LogP) is 0.838. The van der Waals surface area contributed by atoms with Crippen molar-refractivity contribution in [1.82, 2.24) is 9.78 Å². The lowest BCUT2D eigenvalue weighted by atomic mass is 9.86. The number of hydrogen-bond donors (Lipinski definition) is 2. The quantitative estimate of drug-likeness (QED) is 0.807. The van der Waals surface area contributed by atoms with E-state index < -0.39 is 28.9 Å². The maximum absolute atomic E-state index is 12.4. The Balaban J connectivity index is 2.31. The summed E-state index contributed by atoms with van der Waals surface area (Å²) in [5, 5.41) is 22.4. The molecule has 2 heterocycles. The van der Waals surface area contributed by atoms with E-state index in [2.05, 4.69) is 5.10 Å². The molecule has 1 aromatic heterocycles. The summed E-state index contributed by atoms with van der Waals surface area (Å²) in [5.41, 5.74) is -0.693. The molecule has 1 aliphatic rings. The van der Waals surface area contributed by atoms with Gasteiger partial charge in [-0.2, -0.15) is 5.26 Å². The molecule has 0 bridgehead atoms. The summed E-state index contributed by atoms with van der Waals surface area (Å²) < 4.78 is 6.91. The van der Waals surface area contributed by atoms with E-state index >= 15 is 0 Å². The molecule has 0 fully saturated rings. The molecule has 2 atom stereocenters. The van der Waals surface area contributed by atoms with Crippen molar-refractivity contribution in [1.29, 1.82) is 5.26 Å². The Kier molecular flexibility index (Phi) is 3.57. The molecule has 0 unspecified atom stereocenters. The Morgan fingerprint density at radius 1 is 1.33 bits per heavy atom. The Hall–Kier alpha value is -2.85. The summed E-state index contributed by atoms with van der Waals surface area (Å²) in [7, 11) is 0. The van der Waals surface area contributed by atoms with Crippen LogP contribution in [0.2, 0.25) is 0 Å². The van der Waals surface area contributed by atoms with Crippen molar-refractivity contribution in [2.24, 2.45) is 0 Å². The van der Waals surface area contributed by atoms with Gasteiger partial charge in [0.25, 0.3) is 11.1 Å². The number of aryl methyl sites for hydroxylation is 1. The summed E-state index contributed by atoms with van der Waals surface area (Å²) in [6, 6.07) is 7.18. The number of hydrogen-bond acceptors (Lipinski definition) is 5. The summed E-state index contributed by atoms with van der Waals surface area (Å²) in [4.78, 5) is 24.3. The lowest BCUT2D eigenvalue weighted by molar-refractivity contribution is -0.0668. The average molecular weight is 327 g/mol. The van der Waals surface area contributed by atoms with Crippen molar-refractivity contribution < 1.29 is 9.84 Å². The number of aromatic nitrogens is 2. The predicted molar refractivity (Wildman–Crippen MR) is 86.1 cm³/mol. The molecule has 0 aliphatic carbocycles. The largest absolute Gasteiger partial charge is 0.485 e. The zero-order valence-corrected chi connectivity index (χ0v) is 13.5. The van der Waals surface area contributed by atoms with Crippen LogP contribution in [-0.2, 0) is 0 Å². The van der Waals surface area contributed by atoms with Gasteiger partial charge in [-0.15, -0.1) is 0 Å².